The van der Waals surface area contributed by atoms with Crippen LogP contribution in [0, 0.1) is 0 Å². The van der Waals surface area contributed by atoms with E-state index in [0.717, 1.165) is 5.56 Å². The minimum Gasteiger partial charge on any atom is -0.468 e. The number of sulfonamides is 1. The largest absolute Gasteiger partial charge is 0.468 e. The van der Waals surface area contributed by atoms with Gasteiger partial charge in [-0.25, -0.2) is 8.42 Å². The van der Waals surface area contributed by atoms with Crippen molar-refractivity contribution < 1.29 is 17.9 Å². The molecule has 0 saturated carbocycles. The Morgan fingerprint density at radius 3 is 2.55 bits per heavy atom. The number of nitrogens with zero attached hydrogens (tertiary/aromatic N) is 1. The van der Waals surface area contributed by atoms with E-state index in [4.69, 9.17) is 9.52 Å². The van der Waals surface area contributed by atoms with Gasteiger partial charge in [0.25, 0.3) is 0 Å². The molecule has 0 aliphatic carbocycles. The molecule has 0 fully saturated rings. The number of aliphatic hydroxyl groups excluding tert-OH is 1. The molecule has 0 unspecified atom stereocenters. The van der Waals surface area contributed by atoms with Crippen molar-refractivity contribution in [3.63, 3.8) is 0 Å². The summed E-state index contributed by atoms with van der Waals surface area (Å²) in [4.78, 5) is 0. The van der Waals surface area contributed by atoms with Crippen LogP contribution in [-0.4, -0.2) is 31.0 Å². The molecular weight excluding hydrogens is 302 g/mol. The van der Waals surface area contributed by atoms with Gasteiger partial charge in [-0.1, -0.05) is 30.3 Å². The topological polar surface area (TPSA) is 70.8 Å². The van der Waals surface area contributed by atoms with Crippen molar-refractivity contribution in [3.05, 3.63) is 65.5 Å². The van der Waals surface area contributed by atoms with Gasteiger partial charge in [0.2, 0.25) is 10.0 Å². The van der Waals surface area contributed by atoms with E-state index in [2.05, 4.69) is 0 Å². The first-order valence-corrected chi connectivity index (χ1v) is 8.48. The van der Waals surface area contributed by atoms with Crippen LogP contribution >= 0.6 is 0 Å². The molecule has 0 aliphatic heterocycles. The first-order chi connectivity index (χ1) is 10.6. The Balaban J connectivity index is 2.15. The minimum atomic E-state index is -3.59. The second kappa shape index (κ2) is 7.93. The van der Waals surface area contributed by atoms with Crippen molar-refractivity contribution in [3.8, 4) is 0 Å². The zero-order valence-corrected chi connectivity index (χ0v) is 12.9. The summed E-state index contributed by atoms with van der Waals surface area (Å²) in [5.74, 6) is 0.564. The molecule has 22 heavy (non-hydrogen) atoms. The molecule has 1 N–H and O–H groups in total. The van der Waals surface area contributed by atoms with Crippen LogP contribution in [0.1, 0.15) is 17.7 Å². The van der Waals surface area contributed by atoms with Gasteiger partial charge >= 0.3 is 0 Å². The lowest BCUT2D eigenvalue weighted by molar-refractivity contribution is 0.264. The molecule has 0 amide bonds. The highest BCUT2D eigenvalue weighted by molar-refractivity contribution is 7.92. The van der Waals surface area contributed by atoms with Crippen molar-refractivity contribution in [1.82, 2.24) is 4.31 Å². The van der Waals surface area contributed by atoms with Crippen LogP contribution < -0.4 is 0 Å². The van der Waals surface area contributed by atoms with Crippen LogP contribution in [-0.2, 0) is 16.6 Å². The molecule has 0 atom stereocenters. The smallest absolute Gasteiger partial charge is 0.236 e. The standard InChI is InChI=1S/C16H19NO4S/c18-11-5-10-17(14-16-8-4-12-21-16)22(19,20)13-9-15-6-2-1-3-7-15/h1-4,6-9,12-13,18H,5,10-11,14H2/b13-9+. The summed E-state index contributed by atoms with van der Waals surface area (Å²) in [6.45, 7) is 0.319. The Morgan fingerprint density at radius 1 is 1.14 bits per heavy atom. The van der Waals surface area contributed by atoms with E-state index in [1.165, 1.54) is 16.0 Å². The number of aliphatic hydroxyl groups is 1. The first-order valence-electron chi connectivity index (χ1n) is 6.98. The van der Waals surface area contributed by atoms with Gasteiger partial charge in [0, 0.05) is 18.6 Å². The molecule has 0 radical (unpaired) electrons. The Labute approximate surface area is 130 Å². The van der Waals surface area contributed by atoms with E-state index in [9.17, 15) is 8.42 Å². The highest BCUT2D eigenvalue weighted by Crippen LogP contribution is 2.13. The summed E-state index contributed by atoms with van der Waals surface area (Å²) in [5.41, 5.74) is 0.811. The monoisotopic (exact) mass is 321 g/mol. The van der Waals surface area contributed by atoms with Crippen LogP contribution in [0.15, 0.2) is 58.6 Å². The summed E-state index contributed by atoms with van der Waals surface area (Å²) < 4.78 is 31.4. The van der Waals surface area contributed by atoms with Crippen molar-refractivity contribution in [1.29, 1.82) is 0 Å². The lowest BCUT2D eigenvalue weighted by atomic mass is 10.2. The van der Waals surface area contributed by atoms with Crippen molar-refractivity contribution in [2.24, 2.45) is 0 Å². The zero-order valence-electron chi connectivity index (χ0n) is 12.1. The normalized spacial score (nSPS) is 12.3. The average Bonchev–Trinajstić information content (AvgIpc) is 3.03. The number of furan rings is 1. The quantitative estimate of drug-likeness (QED) is 0.811. The lowest BCUT2D eigenvalue weighted by Gasteiger charge is -2.18. The zero-order chi connectivity index (χ0) is 15.8. The lowest BCUT2D eigenvalue weighted by Crippen LogP contribution is -2.30. The van der Waals surface area contributed by atoms with Crippen LogP contribution in [0.2, 0.25) is 0 Å². The van der Waals surface area contributed by atoms with Gasteiger partial charge in [0.05, 0.1) is 12.8 Å². The number of rotatable bonds is 8. The van der Waals surface area contributed by atoms with E-state index in [1.54, 1.807) is 18.2 Å². The van der Waals surface area contributed by atoms with Crippen molar-refractivity contribution >= 4 is 16.1 Å². The SMILES string of the molecule is O=S(=O)(/C=C/c1ccccc1)N(CCCO)Cc1ccco1. The molecule has 5 nitrogen and oxygen atoms in total. The Hall–Kier alpha value is -1.89. The third-order valence-electron chi connectivity index (χ3n) is 3.07. The molecule has 0 aliphatic rings. The maximum atomic E-state index is 12.5. The second-order valence-electron chi connectivity index (χ2n) is 4.75. The van der Waals surface area contributed by atoms with Gasteiger partial charge in [-0.2, -0.15) is 4.31 Å². The van der Waals surface area contributed by atoms with E-state index in [-0.39, 0.29) is 19.7 Å². The van der Waals surface area contributed by atoms with E-state index in [1.807, 2.05) is 30.3 Å². The molecule has 1 aromatic carbocycles. The van der Waals surface area contributed by atoms with Crippen LogP contribution in [0.5, 0.6) is 0 Å². The summed E-state index contributed by atoms with van der Waals surface area (Å²) in [6, 6.07) is 12.7. The molecule has 0 bridgehead atoms. The number of benzene rings is 1. The van der Waals surface area contributed by atoms with Crippen molar-refractivity contribution in [2.45, 2.75) is 13.0 Å². The molecular formula is C16H19NO4S. The minimum absolute atomic E-state index is 0.0629. The Bertz CT molecular complexity index is 678. The molecule has 118 valence electrons. The van der Waals surface area contributed by atoms with Gasteiger partial charge in [-0.05, 0) is 30.2 Å². The van der Waals surface area contributed by atoms with Gasteiger partial charge in [-0.3, -0.25) is 0 Å². The van der Waals surface area contributed by atoms with Crippen LogP contribution in [0.3, 0.4) is 0 Å². The van der Waals surface area contributed by atoms with Crippen molar-refractivity contribution in [2.75, 3.05) is 13.2 Å². The average molecular weight is 321 g/mol. The second-order valence-corrected chi connectivity index (χ2v) is 6.57. The molecule has 0 spiro atoms. The van der Waals surface area contributed by atoms with Gasteiger partial charge in [0.1, 0.15) is 5.76 Å². The Morgan fingerprint density at radius 2 is 1.91 bits per heavy atom. The fraction of sp³-hybridized carbons (Fsp3) is 0.250. The summed E-state index contributed by atoms with van der Waals surface area (Å²) >= 11 is 0. The summed E-state index contributed by atoms with van der Waals surface area (Å²) in [5, 5.41) is 10.1. The van der Waals surface area contributed by atoms with Gasteiger partial charge in [-0.15, -0.1) is 0 Å². The molecule has 0 saturated heterocycles. The molecule has 2 aromatic rings. The Kier molecular flexibility index (Phi) is 5.94. The maximum Gasteiger partial charge on any atom is 0.236 e. The maximum absolute atomic E-state index is 12.5. The molecule has 1 heterocycles. The summed E-state index contributed by atoms with van der Waals surface area (Å²) in [6.07, 6.45) is 3.44. The summed E-state index contributed by atoms with van der Waals surface area (Å²) in [7, 11) is -3.59. The van der Waals surface area contributed by atoms with Gasteiger partial charge < -0.3 is 9.52 Å². The molecule has 2 rings (SSSR count). The highest BCUT2D eigenvalue weighted by atomic mass is 32.2. The highest BCUT2D eigenvalue weighted by Gasteiger charge is 2.20. The van der Waals surface area contributed by atoms with Gasteiger partial charge in [0.15, 0.2) is 0 Å². The third-order valence-corrected chi connectivity index (χ3v) is 4.58. The number of hydrogen-bond acceptors (Lipinski definition) is 4. The third kappa shape index (κ3) is 4.84. The fourth-order valence-corrected chi connectivity index (χ4v) is 3.13. The predicted octanol–water partition coefficient (Wildman–Crippen LogP) is 2.46. The van der Waals surface area contributed by atoms with E-state index >= 15 is 0 Å². The van der Waals surface area contributed by atoms with E-state index < -0.39 is 10.0 Å². The van der Waals surface area contributed by atoms with Crippen LogP contribution in [0.4, 0.5) is 0 Å². The van der Waals surface area contributed by atoms with Crippen LogP contribution in [0.25, 0.3) is 6.08 Å². The molecule has 6 heteroatoms. The molecule has 1 aromatic heterocycles. The predicted molar refractivity (Wildman–Crippen MR) is 85.2 cm³/mol. The first kappa shape index (κ1) is 16.5. The fourth-order valence-electron chi connectivity index (χ4n) is 1.93. The van der Waals surface area contributed by atoms with E-state index in [0.29, 0.717) is 12.2 Å². The number of hydrogen-bond donors (Lipinski definition) is 1.